The lowest BCUT2D eigenvalue weighted by Crippen LogP contribution is -2.72. The summed E-state index contributed by atoms with van der Waals surface area (Å²) >= 11 is 0. The topological polar surface area (TPSA) is 234 Å². The van der Waals surface area contributed by atoms with Crippen molar-refractivity contribution >= 4 is 0 Å². The van der Waals surface area contributed by atoms with Crippen LogP contribution < -0.4 is 28.3 Å². The van der Waals surface area contributed by atoms with E-state index in [9.17, 15) is 20.4 Å². The molecular weight excluding hydrogens is 426 g/mol. The summed E-state index contributed by atoms with van der Waals surface area (Å²) in [5.74, 6) is 0. The van der Waals surface area contributed by atoms with Gasteiger partial charge in [0, 0.05) is 6.54 Å². The third kappa shape index (κ3) is 5.10. The average Bonchev–Trinajstić information content (AvgIpc) is 2.75. The van der Waals surface area contributed by atoms with Gasteiger partial charge >= 0.3 is 0 Å². The first-order chi connectivity index (χ1) is 15.0. The fraction of sp³-hybridized carbons (Fsp3) is 1.00. The summed E-state index contributed by atoms with van der Waals surface area (Å²) in [4.78, 5) is 0. The SMILES string of the molecule is CNC1C(O)[C@@H](O[C@@H]2C(O)C(O[C@H]3OC(CN)CCC3N)[C@@H](N)[C@@H](O)C2N)OC[C@]1(C)O. The predicted octanol–water partition coefficient (Wildman–Crippen LogP) is -5.01. The minimum Gasteiger partial charge on any atom is -0.390 e. The van der Waals surface area contributed by atoms with E-state index in [1.807, 2.05) is 0 Å². The Labute approximate surface area is 187 Å². The van der Waals surface area contributed by atoms with Gasteiger partial charge in [-0.15, -0.1) is 0 Å². The molecular formula is C19H39N5O8. The fourth-order valence-electron chi connectivity index (χ4n) is 4.68. The lowest BCUT2D eigenvalue weighted by atomic mass is 9.81. The first-order valence-corrected chi connectivity index (χ1v) is 11.0. The van der Waals surface area contributed by atoms with Crippen LogP contribution in [0, 0.1) is 0 Å². The maximum atomic E-state index is 11.0. The first kappa shape index (κ1) is 26.1. The molecule has 3 aliphatic rings. The van der Waals surface area contributed by atoms with E-state index in [0.717, 1.165) is 0 Å². The lowest BCUT2D eigenvalue weighted by Gasteiger charge is -2.49. The molecule has 2 aliphatic heterocycles. The van der Waals surface area contributed by atoms with Crippen LogP contribution in [0.3, 0.4) is 0 Å². The molecule has 0 aromatic carbocycles. The minimum atomic E-state index is -1.39. The van der Waals surface area contributed by atoms with Crippen LogP contribution in [0.1, 0.15) is 19.8 Å². The van der Waals surface area contributed by atoms with E-state index in [4.69, 9.17) is 41.9 Å². The monoisotopic (exact) mass is 465 g/mol. The summed E-state index contributed by atoms with van der Waals surface area (Å²) < 4.78 is 23.0. The highest BCUT2D eigenvalue weighted by atomic mass is 16.7. The van der Waals surface area contributed by atoms with Crippen LogP contribution >= 0.6 is 0 Å². The molecule has 13 heteroatoms. The Morgan fingerprint density at radius 2 is 1.56 bits per heavy atom. The van der Waals surface area contributed by atoms with Gasteiger partial charge < -0.3 is 67.6 Å². The zero-order valence-corrected chi connectivity index (χ0v) is 18.5. The number of likely N-dealkylation sites (N-methyl/N-ethyl adjacent to an activating group) is 1. The van der Waals surface area contributed by atoms with E-state index in [0.29, 0.717) is 19.4 Å². The number of nitrogens with two attached hydrogens (primary N) is 4. The normalized spacial score (nSPS) is 52.7. The van der Waals surface area contributed by atoms with Gasteiger partial charge in [-0.1, -0.05) is 0 Å². The van der Waals surface area contributed by atoms with E-state index >= 15 is 0 Å². The molecule has 13 N–H and O–H groups in total. The van der Waals surface area contributed by atoms with E-state index in [1.54, 1.807) is 7.05 Å². The van der Waals surface area contributed by atoms with Crippen LogP contribution in [0.5, 0.6) is 0 Å². The molecule has 2 heterocycles. The zero-order chi connectivity index (χ0) is 23.8. The van der Waals surface area contributed by atoms with E-state index in [1.165, 1.54) is 6.92 Å². The second-order valence-electron chi connectivity index (χ2n) is 9.23. The summed E-state index contributed by atoms with van der Waals surface area (Å²) in [6.07, 6.45) is -7.33. The van der Waals surface area contributed by atoms with Gasteiger partial charge in [0.05, 0.1) is 43.0 Å². The van der Waals surface area contributed by atoms with Crippen molar-refractivity contribution in [1.29, 1.82) is 0 Å². The molecule has 0 amide bonds. The molecule has 1 aliphatic carbocycles. The smallest absolute Gasteiger partial charge is 0.185 e. The molecule has 0 spiro atoms. The van der Waals surface area contributed by atoms with Gasteiger partial charge in [0.2, 0.25) is 0 Å². The van der Waals surface area contributed by atoms with Gasteiger partial charge in [-0.2, -0.15) is 0 Å². The molecule has 3 fully saturated rings. The fourth-order valence-corrected chi connectivity index (χ4v) is 4.68. The van der Waals surface area contributed by atoms with E-state index in [2.05, 4.69) is 5.32 Å². The molecule has 2 saturated heterocycles. The van der Waals surface area contributed by atoms with Crippen LogP contribution in [-0.2, 0) is 18.9 Å². The number of hydrogen-bond donors (Lipinski definition) is 9. The maximum absolute atomic E-state index is 11.0. The van der Waals surface area contributed by atoms with Crippen LogP contribution in [0.15, 0.2) is 0 Å². The molecule has 188 valence electrons. The number of ether oxygens (including phenoxy) is 4. The Balaban J connectivity index is 1.73. The van der Waals surface area contributed by atoms with Gasteiger partial charge in [-0.3, -0.25) is 0 Å². The van der Waals surface area contributed by atoms with Crippen LogP contribution in [-0.4, -0.2) is 120 Å². The molecule has 7 unspecified atom stereocenters. The summed E-state index contributed by atoms with van der Waals surface area (Å²) in [7, 11) is 1.58. The summed E-state index contributed by atoms with van der Waals surface area (Å²) in [6, 6.07) is -3.37. The third-order valence-electron chi connectivity index (χ3n) is 6.71. The van der Waals surface area contributed by atoms with Crippen LogP contribution in [0.2, 0.25) is 0 Å². The van der Waals surface area contributed by atoms with Crippen molar-refractivity contribution in [3.63, 3.8) is 0 Å². The lowest BCUT2D eigenvalue weighted by molar-refractivity contribution is -0.312. The molecule has 32 heavy (non-hydrogen) atoms. The maximum Gasteiger partial charge on any atom is 0.185 e. The number of rotatable bonds is 6. The van der Waals surface area contributed by atoms with E-state index in [-0.39, 0.29) is 12.7 Å². The molecule has 1 saturated carbocycles. The summed E-state index contributed by atoms with van der Waals surface area (Å²) in [5.41, 5.74) is 22.7. The number of nitrogens with one attached hydrogen (secondary N) is 1. The molecule has 3 rings (SSSR count). The first-order valence-electron chi connectivity index (χ1n) is 11.0. The standard InChI is InChI=1S/C19H39N5O8/c1-19(28)6-29-18(13(27)16(19)24-2)32-15-10(23)11(25)9(22)14(12(15)26)31-17-8(21)4-3-7(5-20)30-17/h7-18,24-28H,3-6,20-23H2,1-2H3/t7?,8?,9-,10?,11+,12?,13?,14?,15-,16?,17+,18+,19-/m0/s1. The number of hydrogen-bond acceptors (Lipinski definition) is 13. The van der Waals surface area contributed by atoms with E-state index < -0.39 is 72.9 Å². The molecule has 13 atom stereocenters. The minimum absolute atomic E-state index is 0.133. The third-order valence-corrected chi connectivity index (χ3v) is 6.71. The van der Waals surface area contributed by atoms with Gasteiger partial charge in [0.25, 0.3) is 0 Å². The van der Waals surface area contributed by atoms with Gasteiger partial charge in [0.15, 0.2) is 12.6 Å². The van der Waals surface area contributed by atoms with Crippen molar-refractivity contribution in [2.75, 3.05) is 20.2 Å². The van der Waals surface area contributed by atoms with Crippen molar-refractivity contribution < 1.29 is 39.4 Å². The highest BCUT2D eigenvalue weighted by Gasteiger charge is 2.53. The van der Waals surface area contributed by atoms with Crippen LogP contribution in [0.25, 0.3) is 0 Å². The van der Waals surface area contributed by atoms with Crippen molar-refractivity contribution in [1.82, 2.24) is 5.32 Å². The number of aliphatic hydroxyl groups excluding tert-OH is 3. The van der Waals surface area contributed by atoms with Gasteiger partial charge in [-0.25, -0.2) is 0 Å². The molecule has 0 radical (unpaired) electrons. The highest BCUT2D eigenvalue weighted by Crippen LogP contribution is 2.31. The van der Waals surface area contributed by atoms with Crippen molar-refractivity contribution in [3.8, 4) is 0 Å². The predicted molar refractivity (Wildman–Crippen MR) is 112 cm³/mol. The molecule has 0 aromatic heterocycles. The van der Waals surface area contributed by atoms with Crippen molar-refractivity contribution in [2.45, 2.75) is 98.7 Å². The Bertz CT molecular complexity index is 618. The second kappa shape index (κ2) is 10.4. The Morgan fingerprint density at radius 1 is 0.969 bits per heavy atom. The highest BCUT2D eigenvalue weighted by molar-refractivity contribution is 5.06. The second-order valence-corrected chi connectivity index (χ2v) is 9.23. The summed E-state index contributed by atoms with van der Waals surface area (Å²) in [6.45, 7) is 1.67. The Morgan fingerprint density at radius 3 is 2.12 bits per heavy atom. The van der Waals surface area contributed by atoms with Crippen LogP contribution in [0.4, 0.5) is 0 Å². The molecule has 13 nitrogen and oxygen atoms in total. The average molecular weight is 466 g/mol. The largest absolute Gasteiger partial charge is 0.390 e. The summed E-state index contributed by atoms with van der Waals surface area (Å²) in [5, 5.41) is 45.5. The van der Waals surface area contributed by atoms with Gasteiger partial charge in [0.1, 0.15) is 30.0 Å². The molecule has 0 aromatic rings. The Kier molecular flexibility index (Phi) is 8.48. The zero-order valence-electron chi connectivity index (χ0n) is 18.5. The van der Waals surface area contributed by atoms with Crippen molar-refractivity contribution in [3.05, 3.63) is 0 Å². The quantitative estimate of drug-likeness (QED) is 0.179. The van der Waals surface area contributed by atoms with Gasteiger partial charge in [-0.05, 0) is 26.8 Å². The Hall–Kier alpha value is -0.520. The number of aliphatic hydroxyl groups is 4. The molecule has 0 bridgehead atoms. The van der Waals surface area contributed by atoms with Crippen molar-refractivity contribution in [2.24, 2.45) is 22.9 Å².